The van der Waals surface area contributed by atoms with Crippen molar-refractivity contribution >= 4 is 38.8 Å². The van der Waals surface area contributed by atoms with E-state index >= 15 is 0 Å². The molecule has 2 heteroatoms. The van der Waals surface area contributed by atoms with Gasteiger partial charge in [0, 0.05) is 33.8 Å². The Morgan fingerprint density at radius 1 is 0.439 bits per heavy atom. The van der Waals surface area contributed by atoms with Crippen LogP contribution >= 0.6 is 0 Å². The number of allylic oxidation sites excluding steroid dienone is 4. The summed E-state index contributed by atoms with van der Waals surface area (Å²) in [5, 5.41) is 2.46. The van der Waals surface area contributed by atoms with Gasteiger partial charge in [-0.05, 0) is 99.1 Å². The van der Waals surface area contributed by atoms with Gasteiger partial charge in [-0.2, -0.15) is 0 Å². The lowest BCUT2D eigenvalue weighted by Crippen LogP contribution is -2.28. The highest BCUT2D eigenvalue weighted by atomic mass is 15.1. The molecule has 2 aliphatic rings. The van der Waals surface area contributed by atoms with E-state index in [1.54, 1.807) is 0 Å². The summed E-state index contributed by atoms with van der Waals surface area (Å²) in [6.45, 7) is 4.49. The van der Waals surface area contributed by atoms with E-state index in [1.165, 1.54) is 66.4 Å². The highest BCUT2D eigenvalue weighted by Crippen LogP contribution is 2.58. The minimum absolute atomic E-state index is 0.466. The average molecular weight is 727 g/mol. The largest absolute Gasteiger partial charge is 0.317 e. The summed E-state index contributed by atoms with van der Waals surface area (Å²) in [4.78, 5) is 2.24. The van der Waals surface area contributed by atoms with Gasteiger partial charge in [-0.25, -0.2) is 0 Å². The normalized spacial score (nSPS) is 15.1. The number of rotatable bonds is 5. The minimum Gasteiger partial charge on any atom is -0.317 e. The monoisotopic (exact) mass is 726 g/mol. The zero-order chi connectivity index (χ0) is 37.9. The van der Waals surface area contributed by atoms with E-state index in [-0.39, 0.29) is 0 Å². The summed E-state index contributed by atoms with van der Waals surface area (Å²) < 4.78 is 2.49. The fourth-order valence-corrected chi connectivity index (χ4v) is 9.55. The zero-order valence-electron chi connectivity index (χ0n) is 31.4. The van der Waals surface area contributed by atoms with Gasteiger partial charge in [0.1, 0.15) is 0 Å². The van der Waals surface area contributed by atoms with Gasteiger partial charge < -0.3 is 9.47 Å². The molecule has 0 N–H and O–H groups in total. The second-order valence-electron chi connectivity index (χ2n) is 15.0. The van der Waals surface area contributed by atoms with E-state index in [0.29, 0.717) is 0 Å². The molecule has 2 nitrogen and oxygen atoms in total. The number of nitrogens with zero attached hydrogens (tertiary/aromatic N) is 2. The van der Waals surface area contributed by atoms with Crippen LogP contribution in [0, 0.1) is 0 Å². The van der Waals surface area contributed by atoms with Gasteiger partial charge in [0.15, 0.2) is 0 Å². The summed E-state index contributed by atoms with van der Waals surface area (Å²) in [6, 6.07) is 71.1. The molecule has 0 radical (unpaired) electrons. The van der Waals surface area contributed by atoms with Crippen LogP contribution in [0.15, 0.2) is 225 Å². The quantitative estimate of drug-likeness (QED) is 0.171. The molecule has 0 saturated heterocycles. The smallest absolute Gasteiger partial charge is 0.0714 e. The molecular weight excluding hydrogens is 689 g/mol. The lowest BCUT2D eigenvalue weighted by atomic mass is 9.68. The topological polar surface area (TPSA) is 8.17 Å². The van der Waals surface area contributed by atoms with Gasteiger partial charge >= 0.3 is 0 Å². The van der Waals surface area contributed by atoms with Crippen molar-refractivity contribution in [2.75, 3.05) is 4.90 Å². The molecule has 268 valence electrons. The van der Waals surface area contributed by atoms with Crippen molar-refractivity contribution in [2.45, 2.75) is 5.41 Å². The molecular formula is C55H38N2. The van der Waals surface area contributed by atoms with Crippen molar-refractivity contribution in [3.63, 3.8) is 0 Å². The molecule has 0 spiro atoms. The maximum absolute atomic E-state index is 4.49. The number of aromatic nitrogens is 1. The molecule has 1 aliphatic carbocycles. The molecule has 2 heterocycles. The van der Waals surface area contributed by atoms with E-state index in [4.69, 9.17) is 0 Å². The second-order valence-corrected chi connectivity index (χ2v) is 15.0. The van der Waals surface area contributed by atoms with Gasteiger partial charge in [0.05, 0.1) is 27.8 Å². The standard InChI is InChI=1S/C55H38N2/c1-38-18-15-16-35-56(43-23-9-4-10-24-43)50-33-31-39(36-46(38)50)40-32-34-52-47(37-40)44-25-12-14-29-51(44)57(52)53-30-17-28-49-54(53)45-26-11-13-27-48(45)55(49,41-19-5-2-6-20-41)42-21-7-3-8-22-42/h2-37H,1H2/b18-15-,35-16-. The van der Waals surface area contributed by atoms with Crippen molar-refractivity contribution < 1.29 is 0 Å². The fourth-order valence-electron chi connectivity index (χ4n) is 9.55. The van der Waals surface area contributed by atoms with E-state index in [1.807, 2.05) is 0 Å². The van der Waals surface area contributed by atoms with Crippen molar-refractivity contribution in [2.24, 2.45) is 0 Å². The number of para-hydroxylation sites is 2. The molecule has 9 aromatic rings. The van der Waals surface area contributed by atoms with Gasteiger partial charge in [-0.1, -0.05) is 164 Å². The Balaban J connectivity index is 1.12. The summed E-state index contributed by atoms with van der Waals surface area (Å²) >= 11 is 0. The number of fused-ring (bicyclic) bond motifs is 7. The number of hydrogen-bond donors (Lipinski definition) is 0. The molecule has 1 aliphatic heterocycles. The predicted octanol–water partition coefficient (Wildman–Crippen LogP) is 14.0. The van der Waals surface area contributed by atoms with Crippen LogP contribution in [0.3, 0.4) is 0 Å². The Morgan fingerprint density at radius 3 is 1.86 bits per heavy atom. The summed E-state index contributed by atoms with van der Waals surface area (Å²) in [7, 11) is 0. The second kappa shape index (κ2) is 13.1. The van der Waals surface area contributed by atoms with Crippen LogP contribution in [-0.4, -0.2) is 4.57 Å². The fraction of sp³-hybridized carbons (Fsp3) is 0.0182. The Kier molecular flexibility index (Phi) is 7.58. The molecule has 57 heavy (non-hydrogen) atoms. The maximum Gasteiger partial charge on any atom is 0.0714 e. The third-order valence-corrected chi connectivity index (χ3v) is 12.0. The van der Waals surface area contributed by atoms with E-state index < -0.39 is 5.41 Å². The lowest BCUT2D eigenvalue weighted by molar-refractivity contribution is 0.768. The Hall–Kier alpha value is -7.42. The van der Waals surface area contributed by atoms with Crippen molar-refractivity contribution in [1.29, 1.82) is 0 Å². The van der Waals surface area contributed by atoms with Crippen LogP contribution in [0.2, 0.25) is 0 Å². The van der Waals surface area contributed by atoms with Crippen LogP contribution in [0.4, 0.5) is 11.4 Å². The molecule has 0 bridgehead atoms. The minimum atomic E-state index is -0.466. The van der Waals surface area contributed by atoms with Gasteiger partial charge in [0.25, 0.3) is 0 Å². The van der Waals surface area contributed by atoms with Crippen LogP contribution in [0.25, 0.3) is 55.3 Å². The molecule has 0 fully saturated rings. The SMILES string of the molecule is C=C1/C=C\C=C/N(c2ccccc2)c2ccc(-c3ccc4c(c3)c3ccccc3n4-c3cccc4c3-c3ccccc3C4(c3ccccc3)c3ccccc3)cc21. The summed E-state index contributed by atoms with van der Waals surface area (Å²) in [6.07, 6.45) is 8.36. The molecule has 0 amide bonds. The summed E-state index contributed by atoms with van der Waals surface area (Å²) in [5.74, 6) is 0. The van der Waals surface area contributed by atoms with Crippen LogP contribution in [0.5, 0.6) is 0 Å². The molecule has 0 atom stereocenters. The number of benzene rings is 8. The molecule has 0 unspecified atom stereocenters. The molecule has 0 saturated carbocycles. The third-order valence-electron chi connectivity index (χ3n) is 12.0. The Morgan fingerprint density at radius 2 is 1.07 bits per heavy atom. The Labute approximate surface area is 333 Å². The van der Waals surface area contributed by atoms with E-state index in [9.17, 15) is 0 Å². The molecule has 8 aromatic carbocycles. The van der Waals surface area contributed by atoms with Gasteiger partial charge in [-0.15, -0.1) is 0 Å². The van der Waals surface area contributed by atoms with Gasteiger partial charge in [-0.3, -0.25) is 0 Å². The third kappa shape index (κ3) is 4.97. The van der Waals surface area contributed by atoms with Crippen molar-refractivity contribution in [3.8, 4) is 27.9 Å². The highest BCUT2D eigenvalue weighted by Gasteiger charge is 2.47. The average Bonchev–Trinajstić information content (AvgIpc) is 3.77. The first-order chi connectivity index (χ1) is 28.2. The van der Waals surface area contributed by atoms with Crippen LogP contribution in [0.1, 0.15) is 27.8 Å². The first kappa shape index (κ1) is 33.0. The van der Waals surface area contributed by atoms with E-state index in [0.717, 1.165) is 28.1 Å². The highest BCUT2D eigenvalue weighted by molar-refractivity contribution is 6.11. The lowest BCUT2D eigenvalue weighted by Gasteiger charge is -2.34. The zero-order valence-corrected chi connectivity index (χ0v) is 31.4. The molecule has 1 aromatic heterocycles. The van der Waals surface area contributed by atoms with Gasteiger partial charge in [0.2, 0.25) is 0 Å². The maximum atomic E-state index is 4.49. The van der Waals surface area contributed by atoms with Crippen molar-refractivity contribution in [1.82, 2.24) is 4.57 Å². The summed E-state index contributed by atoms with van der Waals surface area (Å²) in [5.41, 5.74) is 17.4. The number of anilines is 2. The molecule has 11 rings (SSSR count). The number of hydrogen-bond acceptors (Lipinski definition) is 1. The predicted molar refractivity (Wildman–Crippen MR) is 239 cm³/mol. The van der Waals surface area contributed by atoms with Crippen LogP contribution < -0.4 is 4.90 Å². The van der Waals surface area contributed by atoms with Crippen molar-refractivity contribution in [3.05, 3.63) is 253 Å². The first-order valence-corrected chi connectivity index (χ1v) is 19.6. The Bertz CT molecular complexity index is 3040. The first-order valence-electron chi connectivity index (χ1n) is 19.6. The van der Waals surface area contributed by atoms with Crippen LogP contribution in [-0.2, 0) is 5.41 Å². The van der Waals surface area contributed by atoms with E-state index in [2.05, 4.69) is 235 Å².